The van der Waals surface area contributed by atoms with Gasteiger partial charge in [-0.2, -0.15) is 0 Å². The average molecular weight is 303 g/mol. The predicted molar refractivity (Wildman–Crippen MR) is 87.6 cm³/mol. The Morgan fingerprint density at radius 2 is 1.95 bits per heavy atom. The number of rotatable bonds is 6. The highest BCUT2D eigenvalue weighted by Gasteiger charge is 2.03. The van der Waals surface area contributed by atoms with Crippen LogP contribution in [0.4, 0.5) is 5.69 Å². The van der Waals surface area contributed by atoms with Crippen LogP contribution >= 0.6 is 11.6 Å². The van der Waals surface area contributed by atoms with E-state index in [-0.39, 0.29) is 5.91 Å². The van der Waals surface area contributed by atoms with E-state index in [0.717, 1.165) is 21.8 Å². The standard InChI is InChI=1S/C17H19ClN2O/c1-13-5-4-7-15(11-13)20-17(21)9-10-19-12-14-6-2-3-8-16(14)18/h2-8,11,19H,9-10,12H2,1H3,(H,20,21). The lowest BCUT2D eigenvalue weighted by molar-refractivity contribution is -0.116. The van der Waals surface area contributed by atoms with E-state index >= 15 is 0 Å². The Hall–Kier alpha value is -1.84. The van der Waals surface area contributed by atoms with E-state index < -0.39 is 0 Å². The highest BCUT2D eigenvalue weighted by atomic mass is 35.5. The molecule has 0 aliphatic heterocycles. The summed E-state index contributed by atoms with van der Waals surface area (Å²) in [5.41, 5.74) is 3.01. The van der Waals surface area contributed by atoms with Gasteiger partial charge in [0.2, 0.25) is 5.91 Å². The Kier molecular flexibility index (Phi) is 5.78. The second-order valence-electron chi connectivity index (χ2n) is 4.94. The number of anilines is 1. The van der Waals surface area contributed by atoms with Crippen LogP contribution < -0.4 is 10.6 Å². The summed E-state index contributed by atoms with van der Waals surface area (Å²) in [6, 6.07) is 15.5. The molecular formula is C17H19ClN2O. The normalized spacial score (nSPS) is 10.4. The van der Waals surface area contributed by atoms with Crippen LogP contribution in [0.15, 0.2) is 48.5 Å². The molecule has 110 valence electrons. The molecule has 0 radical (unpaired) electrons. The zero-order valence-corrected chi connectivity index (χ0v) is 12.8. The van der Waals surface area contributed by atoms with Crippen molar-refractivity contribution in [1.82, 2.24) is 5.32 Å². The first kappa shape index (κ1) is 15.5. The smallest absolute Gasteiger partial charge is 0.225 e. The molecule has 2 aromatic carbocycles. The van der Waals surface area contributed by atoms with Gasteiger partial charge >= 0.3 is 0 Å². The van der Waals surface area contributed by atoms with E-state index in [0.29, 0.717) is 19.5 Å². The Bertz CT molecular complexity index is 613. The number of carbonyl (C=O) groups is 1. The van der Waals surface area contributed by atoms with E-state index in [4.69, 9.17) is 11.6 Å². The minimum absolute atomic E-state index is 0.00672. The predicted octanol–water partition coefficient (Wildman–Crippen LogP) is 3.77. The minimum Gasteiger partial charge on any atom is -0.326 e. The fourth-order valence-electron chi connectivity index (χ4n) is 2.01. The lowest BCUT2D eigenvalue weighted by atomic mass is 10.2. The van der Waals surface area contributed by atoms with Crippen molar-refractivity contribution >= 4 is 23.2 Å². The van der Waals surface area contributed by atoms with Crippen molar-refractivity contribution in [2.75, 3.05) is 11.9 Å². The van der Waals surface area contributed by atoms with Gasteiger partial charge in [-0.3, -0.25) is 4.79 Å². The molecule has 2 N–H and O–H groups in total. The Labute approximate surface area is 130 Å². The summed E-state index contributed by atoms with van der Waals surface area (Å²) in [5.74, 6) is 0.00672. The highest BCUT2D eigenvalue weighted by Crippen LogP contribution is 2.14. The summed E-state index contributed by atoms with van der Waals surface area (Å²) in [4.78, 5) is 11.8. The van der Waals surface area contributed by atoms with Crippen molar-refractivity contribution in [3.05, 3.63) is 64.7 Å². The third-order valence-corrected chi connectivity index (χ3v) is 3.47. The molecule has 0 atom stereocenters. The summed E-state index contributed by atoms with van der Waals surface area (Å²) in [5, 5.41) is 6.86. The van der Waals surface area contributed by atoms with Gasteiger partial charge < -0.3 is 10.6 Å². The number of hydrogen-bond acceptors (Lipinski definition) is 2. The second kappa shape index (κ2) is 7.81. The molecule has 0 heterocycles. The lowest BCUT2D eigenvalue weighted by Gasteiger charge is -2.08. The molecule has 3 nitrogen and oxygen atoms in total. The van der Waals surface area contributed by atoms with E-state index in [2.05, 4.69) is 10.6 Å². The molecule has 0 aromatic heterocycles. The fraction of sp³-hybridized carbons (Fsp3) is 0.235. The molecule has 2 rings (SSSR count). The van der Waals surface area contributed by atoms with Gasteiger partial charge in [0.1, 0.15) is 0 Å². The quantitative estimate of drug-likeness (QED) is 0.798. The number of benzene rings is 2. The molecule has 1 amide bonds. The Morgan fingerprint density at radius 3 is 2.71 bits per heavy atom. The van der Waals surface area contributed by atoms with Crippen LogP contribution in [0.3, 0.4) is 0 Å². The van der Waals surface area contributed by atoms with Gasteiger partial charge in [-0.1, -0.05) is 41.9 Å². The third kappa shape index (κ3) is 5.21. The molecule has 2 aromatic rings. The average Bonchev–Trinajstić information content (AvgIpc) is 2.45. The van der Waals surface area contributed by atoms with Gasteiger partial charge in [-0.15, -0.1) is 0 Å². The molecule has 0 aliphatic carbocycles. The van der Waals surface area contributed by atoms with E-state index in [1.807, 2.05) is 55.5 Å². The number of aryl methyl sites for hydroxylation is 1. The summed E-state index contributed by atoms with van der Waals surface area (Å²) >= 11 is 6.07. The molecule has 0 aliphatic rings. The number of amides is 1. The molecule has 21 heavy (non-hydrogen) atoms. The SMILES string of the molecule is Cc1cccc(NC(=O)CCNCc2ccccc2Cl)c1. The van der Waals surface area contributed by atoms with Crippen molar-refractivity contribution in [2.24, 2.45) is 0 Å². The van der Waals surface area contributed by atoms with Gasteiger partial charge in [-0.25, -0.2) is 0 Å². The van der Waals surface area contributed by atoms with Gasteiger partial charge in [0.15, 0.2) is 0 Å². The first-order chi connectivity index (χ1) is 10.1. The maximum Gasteiger partial charge on any atom is 0.225 e. The number of hydrogen-bond donors (Lipinski definition) is 2. The van der Waals surface area contributed by atoms with Crippen LogP contribution in [0.5, 0.6) is 0 Å². The fourth-order valence-corrected chi connectivity index (χ4v) is 2.22. The maximum absolute atomic E-state index is 11.8. The second-order valence-corrected chi connectivity index (χ2v) is 5.34. The Morgan fingerprint density at radius 1 is 1.14 bits per heavy atom. The van der Waals surface area contributed by atoms with Crippen molar-refractivity contribution in [2.45, 2.75) is 19.9 Å². The zero-order valence-electron chi connectivity index (χ0n) is 12.0. The molecule has 0 unspecified atom stereocenters. The first-order valence-electron chi connectivity index (χ1n) is 6.96. The van der Waals surface area contributed by atoms with Gasteiger partial charge in [0, 0.05) is 30.2 Å². The van der Waals surface area contributed by atoms with Crippen LogP contribution in [0, 0.1) is 6.92 Å². The number of nitrogens with one attached hydrogen (secondary N) is 2. The van der Waals surface area contributed by atoms with Gasteiger partial charge in [0.25, 0.3) is 0 Å². The van der Waals surface area contributed by atoms with Gasteiger partial charge in [-0.05, 0) is 36.2 Å². The molecule has 0 saturated heterocycles. The van der Waals surface area contributed by atoms with Crippen molar-refractivity contribution in [1.29, 1.82) is 0 Å². The van der Waals surface area contributed by atoms with Crippen molar-refractivity contribution in [3.8, 4) is 0 Å². The summed E-state index contributed by atoms with van der Waals surface area (Å²) in [6.45, 7) is 3.28. The Balaban J connectivity index is 1.71. The van der Waals surface area contributed by atoms with Crippen LogP contribution in [0.25, 0.3) is 0 Å². The van der Waals surface area contributed by atoms with Crippen LogP contribution in [-0.4, -0.2) is 12.5 Å². The van der Waals surface area contributed by atoms with E-state index in [1.54, 1.807) is 0 Å². The summed E-state index contributed by atoms with van der Waals surface area (Å²) in [7, 11) is 0. The first-order valence-corrected chi connectivity index (χ1v) is 7.33. The molecule has 0 spiro atoms. The molecule has 0 bridgehead atoms. The maximum atomic E-state index is 11.8. The van der Waals surface area contributed by atoms with Crippen LogP contribution in [-0.2, 0) is 11.3 Å². The van der Waals surface area contributed by atoms with Crippen molar-refractivity contribution in [3.63, 3.8) is 0 Å². The zero-order chi connectivity index (χ0) is 15.1. The van der Waals surface area contributed by atoms with E-state index in [1.165, 1.54) is 0 Å². The topological polar surface area (TPSA) is 41.1 Å². The summed E-state index contributed by atoms with van der Waals surface area (Å²) < 4.78 is 0. The van der Waals surface area contributed by atoms with Gasteiger partial charge in [0.05, 0.1) is 0 Å². The molecule has 4 heteroatoms. The third-order valence-electron chi connectivity index (χ3n) is 3.10. The summed E-state index contributed by atoms with van der Waals surface area (Å²) in [6.07, 6.45) is 0.429. The lowest BCUT2D eigenvalue weighted by Crippen LogP contribution is -2.21. The van der Waals surface area contributed by atoms with Crippen molar-refractivity contribution < 1.29 is 4.79 Å². The largest absolute Gasteiger partial charge is 0.326 e. The molecule has 0 saturated carbocycles. The highest BCUT2D eigenvalue weighted by molar-refractivity contribution is 6.31. The molecular weight excluding hydrogens is 284 g/mol. The van der Waals surface area contributed by atoms with E-state index in [9.17, 15) is 4.79 Å². The number of carbonyl (C=O) groups excluding carboxylic acids is 1. The van der Waals surface area contributed by atoms with Crippen LogP contribution in [0.1, 0.15) is 17.5 Å². The molecule has 0 fully saturated rings. The van der Waals surface area contributed by atoms with Crippen LogP contribution in [0.2, 0.25) is 5.02 Å². The minimum atomic E-state index is 0.00672. The number of halogens is 1. The monoisotopic (exact) mass is 302 g/mol.